The Hall–Kier alpha value is -4.61. The van der Waals surface area contributed by atoms with Crippen molar-refractivity contribution in [2.24, 2.45) is 33.2 Å². The highest BCUT2D eigenvalue weighted by atomic mass is 16.5. The van der Waals surface area contributed by atoms with E-state index in [1.165, 1.54) is 18.6 Å². The number of aliphatic carboxylic acids is 1. The zero-order valence-electron chi connectivity index (χ0n) is 24.4. The molecular weight excluding hydrogens is 540 g/mol. The van der Waals surface area contributed by atoms with E-state index in [1.807, 2.05) is 0 Å². The fraction of sp³-hybridized carbons (Fsp3) is 0.433. The maximum absolute atomic E-state index is 12.8. The molecule has 2 aromatic rings. The molecule has 1 aliphatic rings. The normalized spacial score (nSPS) is 18.2. The minimum atomic E-state index is -1.37. The molecule has 0 saturated heterocycles. The Morgan fingerprint density at radius 3 is 2.40 bits per heavy atom. The average Bonchev–Trinajstić information content (AvgIpc) is 3.49. The molecule has 3 atom stereocenters. The fourth-order valence-electron chi connectivity index (χ4n) is 4.93. The standard InChI is InChI=1S/C30H40N6O6/c1-18-14-30(18,4)16-29(2,3)17-42-22-10-8-20(9-11-22)34-27(41)23(13-25(38)39)36-24(37)15-33-26(40)19-6-5-7-21(12-19)35-28(31)32/h5-12,18,23H,13-17H2,1-4H3,(H,33,40)(H,34,41)(H,36,37)(H,38,39)(H4,31,32,35)/t18-,23-,30?/m0/s1. The number of guanidine groups is 1. The summed E-state index contributed by atoms with van der Waals surface area (Å²) in [5, 5.41) is 16.7. The first-order valence-electron chi connectivity index (χ1n) is 13.7. The number of nitrogens with zero attached hydrogens (tertiary/aromatic N) is 1. The minimum Gasteiger partial charge on any atom is -0.493 e. The Bertz CT molecular complexity index is 1340. The van der Waals surface area contributed by atoms with Crippen molar-refractivity contribution < 1.29 is 29.0 Å². The molecule has 42 heavy (non-hydrogen) atoms. The third-order valence-corrected chi connectivity index (χ3v) is 7.24. The van der Waals surface area contributed by atoms with Gasteiger partial charge in [0, 0.05) is 11.3 Å². The fourth-order valence-corrected chi connectivity index (χ4v) is 4.93. The molecule has 0 heterocycles. The lowest BCUT2D eigenvalue weighted by Gasteiger charge is -2.28. The first-order chi connectivity index (χ1) is 19.7. The number of carbonyl (C=O) groups excluding carboxylic acids is 3. The van der Waals surface area contributed by atoms with E-state index >= 15 is 0 Å². The number of carbonyl (C=O) groups is 4. The molecule has 1 unspecified atom stereocenters. The summed E-state index contributed by atoms with van der Waals surface area (Å²) in [6.45, 7) is 9.01. The molecule has 3 amide bonds. The number of hydrogen-bond acceptors (Lipinski definition) is 6. The summed E-state index contributed by atoms with van der Waals surface area (Å²) in [6, 6.07) is 11.4. The van der Waals surface area contributed by atoms with Crippen LogP contribution in [0.2, 0.25) is 0 Å². The van der Waals surface area contributed by atoms with Crippen LogP contribution in [0.4, 0.5) is 11.4 Å². The molecule has 0 aromatic heterocycles. The number of nitrogens with one attached hydrogen (secondary N) is 3. The Morgan fingerprint density at radius 2 is 1.81 bits per heavy atom. The number of anilines is 1. The van der Waals surface area contributed by atoms with Gasteiger partial charge in [0.15, 0.2) is 5.96 Å². The summed E-state index contributed by atoms with van der Waals surface area (Å²) in [5.41, 5.74) is 12.0. The van der Waals surface area contributed by atoms with Crippen molar-refractivity contribution in [1.82, 2.24) is 10.6 Å². The SMILES string of the molecule is C[C@H]1CC1(C)CC(C)(C)COc1ccc(NC(=O)[C@H](CC(=O)O)NC(=O)CNC(=O)c2cccc(N=C(N)N)c2)cc1. The van der Waals surface area contributed by atoms with Crippen molar-refractivity contribution in [2.45, 2.75) is 53.0 Å². The lowest BCUT2D eigenvalue weighted by Crippen LogP contribution is -2.48. The van der Waals surface area contributed by atoms with Crippen molar-refractivity contribution in [3.8, 4) is 5.75 Å². The van der Waals surface area contributed by atoms with Crippen LogP contribution in [0, 0.1) is 16.7 Å². The Kier molecular flexibility index (Phi) is 10.2. The van der Waals surface area contributed by atoms with Gasteiger partial charge >= 0.3 is 5.97 Å². The van der Waals surface area contributed by atoms with Crippen molar-refractivity contribution in [3.05, 3.63) is 54.1 Å². The van der Waals surface area contributed by atoms with Gasteiger partial charge in [-0.25, -0.2) is 4.99 Å². The molecule has 0 radical (unpaired) electrons. The van der Waals surface area contributed by atoms with Crippen LogP contribution in [-0.2, 0) is 14.4 Å². The summed E-state index contributed by atoms with van der Waals surface area (Å²) >= 11 is 0. The molecule has 12 nitrogen and oxygen atoms in total. The highest BCUT2D eigenvalue weighted by molar-refractivity contribution is 6.00. The maximum atomic E-state index is 12.8. The molecule has 0 bridgehead atoms. The Labute approximate surface area is 245 Å². The van der Waals surface area contributed by atoms with Crippen molar-refractivity contribution in [2.75, 3.05) is 18.5 Å². The lowest BCUT2D eigenvalue weighted by atomic mass is 9.81. The third-order valence-electron chi connectivity index (χ3n) is 7.24. The van der Waals surface area contributed by atoms with Gasteiger partial charge in [-0.2, -0.15) is 0 Å². The predicted octanol–water partition coefficient (Wildman–Crippen LogP) is 2.76. The number of ether oxygens (including phenoxy) is 1. The predicted molar refractivity (Wildman–Crippen MR) is 159 cm³/mol. The van der Waals surface area contributed by atoms with E-state index in [9.17, 15) is 24.3 Å². The number of carboxylic acids is 1. The molecule has 1 aliphatic carbocycles. The van der Waals surface area contributed by atoms with Crippen molar-refractivity contribution in [3.63, 3.8) is 0 Å². The second kappa shape index (κ2) is 13.4. The van der Waals surface area contributed by atoms with Crippen molar-refractivity contribution >= 4 is 41.0 Å². The Balaban J connectivity index is 1.52. The zero-order chi connectivity index (χ0) is 31.1. The first-order valence-corrected chi connectivity index (χ1v) is 13.7. The van der Waals surface area contributed by atoms with Crippen LogP contribution < -0.4 is 32.2 Å². The highest BCUT2D eigenvalue weighted by Gasteiger charge is 2.49. The lowest BCUT2D eigenvalue weighted by molar-refractivity contribution is -0.139. The quantitative estimate of drug-likeness (QED) is 0.145. The van der Waals surface area contributed by atoms with Crippen LogP contribution in [0.1, 0.15) is 57.3 Å². The number of aliphatic imine (C=N–C) groups is 1. The summed E-state index contributed by atoms with van der Waals surface area (Å²) in [6.07, 6.45) is 1.65. The number of hydrogen-bond donors (Lipinski definition) is 6. The van der Waals surface area contributed by atoms with E-state index in [0.29, 0.717) is 29.1 Å². The van der Waals surface area contributed by atoms with E-state index in [1.54, 1.807) is 36.4 Å². The summed E-state index contributed by atoms with van der Waals surface area (Å²) in [5.74, 6) is -2.13. The molecule has 226 valence electrons. The Morgan fingerprint density at radius 1 is 1.14 bits per heavy atom. The number of benzene rings is 2. The molecule has 8 N–H and O–H groups in total. The molecule has 2 aromatic carbocycles. The van der Waals surface area contributed by atoms with Gasteiger partial charge in [0.1, 0.15) is 11.8 Å². The summed E-state index contributed by atoms with van der Waals surface area (Å²) < 4.78 is 5.99. The molecule has 0 spiro atoms. The number of carboxylic acid groups (broad SMARTS) is 1. The van der Waals surface area contributed by atoms with Gasteiger partial charge in [-0.05, 0) is 72.1 Å². The second-order valence-electron chi connectivity index (χ2n) is 11.9. The second-order valence-corrected chi connectivity index (χ2v) is 11.9. The van der Waals surface area contributed by atoms with Crippen molar-refractivity contribution in [1.29, 1.82) is 0 Å². The summed E-state index contributed by atoms with van der Waals surface area (Å²) in [4.78, 5) is 53.0. The first kappa shape index (κ1) is 31.9. The van der Waals surface area contributed by atoms with E-state index in [-0.39, 0.29) is 16.9 Å². The molecule has 12 heteroatoms. The smallest absolute Gasteiger partial charge is 0.305 e. The monoisotopic (exact) mass is 580 g/mol. The van der Waals surface area contributed by atoms with Gasteiger partial charge in [-0.1, -0.05) is 33.8 Å². The number of rotatable bonds is 14. The van der Waals surface area contributed by atoms with Crippen LogP contribution in [0.3, 0.4) is 0 Å². The van der Waals surface area contributed by atoms with Gasteiger partial charge in [0.2, 0.25) is 11.8 Å². The van der Waals surface area contributed by atoms with Crippen LogP contribution in [0.15, 0.2) is 53.5 Å². The van der Waals surface area contributed by atoms with Gasteiger partial charge in [-0.3, -0.25) is 19.2 Å². The van der Waals surface area contributed by atoms with Gasteiger partial charge < -0.3 is 37.3 Å². The van der Waals surface area contributed by atoms with Gasteiger partial charge in [0.25, 0.3) is 5.91 Å². The molecule has 0 aliphatic heterocycles. The molecule has 3 rings (SSSR count). The molecular formula is C30H40N6O6. The third kappa shape index (κ3) is 9.79. The number of amides is 3. The van der Waals surface area contributed by atoms with E-state index in [2.05, 4.69) is 48.6 Å². The largest absolute Gasteiger partial charge is 0.493 e. The number of nitrogens with two attached hydrogens (primary N) is 2. The molecule has 1 saturated carbocycles. The highest BCUT2D eigenvalue weighted by Crippen LogP contribution is 2.57. The van der Waals surface area contributed by atoms with Crippen LogP contribution in [-0.4, -0.2) is 54.0 Å². The summed E-state index contributed by atoms with van der Waals surface area (Å²) in [7, 11) is 0. The van der Waals surface area contributed by atoms with E-state index in [4.69, 9.17) is 16.2 Å². The van der Waals surface area contributed by atoms with E-state index in [0.717, 1.165) is 12.3 Å². The van der Waals surface area contributed by atoms with E-state index < -0.39 is 42.7 Å². The topological polar surface area (TPSA) is 198 Å². The zero-order valence-corrected chi connectivity index (χ0v) is 24.4. The van der Waals surface area contributed by atoms with Crippen LogP contribution in [0.5, 0.6) is 5.75 Å². The average molecular weight is 581 g/mol. The van der Waals surface area contributed by atoms with Crippen LogP contribution >= 0.6 is 0 Å². The van der Waals surface area contributed by atoms with Crippen LogP contribution in [0.25, 0.3) is 0 Å². The molecule has 1 fully saturated rings. The van der Waals surface area contributed by atoms with Gasteiger partial charge in [-0.15, -0.1) is 0 Å². The van der Waals surface area contributed by atoms with Gasteiger partial charge in [0.05, 0.1) is 25.3 Å². The minimum absolute atomic E-state index is 0.00571. The maximum Gasteiger partial charge on any atom is 0.305 e.